The number of nitrogens with zero attached hydrogens (tertiary/aromatic N) is 3. The summed E-state index contributed by atoms with van der Waals surface area (Å²) >= 11 is 0. The number of phenols is 1. The summed E-state index contributed by atoms with van der Waals surface area (Å²) in [5.74, 6) is 0.0894. The fourth-order valence-electron chi connectivity index (χ4n) is 3.53. The van der Waals surface area contributed by atoms with Crippen molar-refractivity contribution in [2.45, 2.75) is 19.4 Å². The van der Waals surface area contributed by atoms with E-state index >= 15 is 0 Å². The molecular weight excluding hydrogens is 462 g/mol. The maximum absolute atomic E-state index is 12.8. The van der Waals surface area contributed by atoms with E-state index in [9.17, 15) is 14.8 Å². The Balaban J connectivity index is 1.69. The van der Waals surface area contributed by atoms with Crippen molar-refractivity contribution in [3.05, 3.63) is 77.2 Å². The predicted octanol–water partition coefficient (Wildman–Crippen LogP) is 4.34. The number of aromatic nitrogens is 2. The number of nitrogens with two attached hydrogens (primary N) is 1. The molecule has 0 aliphatic heterocycles. The Morgan fingerprint density at radius 2 is 1.86 bits per heavy atom. The number of carbonyl (C=O) groups excluding carboxylic acids is 1. The zero-order valence-electron chi connectivity index (χ0n) is 19.8. The van der Waals surface area contributed by atoms with Gasteiger partial charge in [0.25, 0.3) is 4.92 Å². The summed E-state index contributed by atoms with van der Waals surface area (Å²) < 4.78 is 5.51. The van der Waals surface area contributed by atoms with Crippen molar-refractivity contribution < 1.29 is 24.4 Å². The number of aromatic hydroxyl groups is 1. The van der Waals surface area contributed by atoms with Crippen LogP contribution in [0.25, 0.3) is 22.3 Å². The van der Waals surface area contributed by atoms with Gasteiger partial charge in [0.15, 0.2) is 12.9 Å². The summed E-state index contributed by atoms with van der Waals surface area (Å²) in [7, 11) is 1.20. The molecule has 4 rings (SSSR count). The Morgan fingerprint density at radius 3 is 2.64 bits per heavy atom. The van der Waals surface area contributed by atoms with Crippen LogP contribution in [0.4, 0.5) is 11.5 Å². The van der Waals surface area contributed by atoms with E-state index in [1.165, 1.54) is 37.4 Å². The Labute approximate surface area is 207 Å². The van der Waals surface area contributed by atoms with E-state index in [2.05, 4.69) is 20.1 Å². The summed E-state index contributed by atoms with van der Waals surface area (Å²) in [5.41, 5.74) is 7.02. The molecule has 1 atom stereocenters. The smallest absolute Gasteiger partial charge is 0.350 e. The van der Waals surface area contributed by atoms with E-state index in [0.717, 1.165) is 11.8 Å². The van der Waals surface area contributed by atoms with Gasteiger partial charge in [-0.05, 0) is 42.8 Å². The van der Waals surface area contributed by atoms with Crippen LogP contribution in [0, 0.1) is 4.91 Å². The Morgan fingerprint density at radius 1 is 1.11 bits per heavy atom. The molecule has 0 saturated heterocycles. The van der Waals surface area contributed by atoms with E-state index in [0.29, 0.717) is 17.9 Å². The third-order valence-corrected chi connectivity index (χ3v) is 5.57. The lowest BCUT2D eigenvalue weighted by Crippen LogP contribution is -2.28. The van der Waals surface area contributed by atoms with Crippen LogP contribution in [0.2, 0.25) is 0 Å². The molecule has 4 N–H and O–H groups in total. The summed E-state index contributed by atoms with van der Waals surface area (Å²) in [6.07, 6.45) is 0.800. The Kier molecular flexibility index (Phi) is 7.36. The number of anilines is 1. The fourth-order valence-corrected chi connectivity index (χ4v) is 3.53. The average molecular weight is 489 g/mol. The van der Waals surface area contributed by atoms with E-state index in [4.69, 9.17) is 10.5 Å². The third-order valence-electron chi connectivity index (χ3n) is 5.57. The van der Waals surface area contributed by atoms with Gasteiger partial charge in [-0.15, -0.1) is 0 Å². The molecule has 0 aliphatic rings. The van der Waals surface area contributed by atoms with E-state index < -0.39 is 5.97 Å². The number of carbonyl (C=O) groups is 1. The second kappa shape index (κ2) is 10.8. The van der Waals surface area contributed by atoms with Crippen LogP contribution in [0.1, 0.15) is 23.7 Å². The quantitative estimate of drug-likeness (QED) is 0.178. The zero-order valence-corrected chi connectivity index (χ0v) is 19.8. The number of esters is 1. The molecule has 0 spiro atoms. The SMILES string of the molecule is CCC(N)CNc1nc(-c2cc(OC(=O)c3ccccc3[N+](=O)OC)ccc2O)nc2ccccc12. The highest BCUT2D eigenvalue weighted by molar-refractivity contribution is 5.95. The number of nitrogens with one attached hydrogen (secondary N) is 1. The minimum absolute atomic E-state index is 0.00266. The number of para-hydroxylation sites is 2. The van der Waals surface area contributed by atoms with E-state index in [1.807, 2.05) is 31.2 Å². The highest BCUT2D eigenvalue weighted by Crippen LogP contribution is 2.33. The normalized spacial score (nSPS) is 11.6. The highest BCUT2D eigenvalue weighted by atomic mass is 16.8. The molecule has 36 heavy (non-hydrogen) atoms. The lowest BCUT2D eigenvalue weighted by molar-refractivity contribution is -0.736. The first-order chi connectivity index (χ1) is 17.4. The van der Waals surface area contributed by atoms with Gasteiger partial charge in [0, 0.05) is 24.0 Å². The molecule has 1 aromatic heterocycles. The first-order valence-corrected chi connectivity index (χ1v) is 11.3. The molecule has 10 nitrogen and oxygen atoms in total. The number of fused-ring (bicyclic) bond motifs is 1. The fraction of sp³-hybridized carbons (Fsp3) is 0.192. The van der Waals surface area contributed by atoms with Crippen molar-refractivity contribution in [1.82, 2.24) is 9.97 Å². The van der Waals surface area contributed by atoms with Crippen LogP contribution in [0.3, 0.4) is 0 Å². The molecule has 0 saturated carbocycles. The van der Waals surface area contributed by atoms with Crippen LogP contribution in [-0.2, 0) is 4.84 Å². The minimum Gasteiger partial charge on any atom is -0.507 e. The lowest BCUT2D eigenvalue weighted by Gasteiger charge is -2.14. The van der Waals surface area contributed by atoms with Gasteiger partial charge in [-0.1, -0.05) is 31.2 Å². The molecule has 1 unspecified atom stereocenters. The number of hydrogen-bond acceptors (Lipinski definition) is 9. The lowest BCUT2D eigenvalue weighted by atomic mass is 10.1. The largest absolute Gasteiger partial charge is 0.507 e. The molecule has 1 heterocycles. The van der Waals surface area contributed by atoms with Crippen molar-refractivity contribution in [3.63, 3.8) is 0 Å². The molecule has 0 fully saturated rings. The Hall–Kier alpha value is -4.57. The number of rotatable bonds is 9. The van der Waals surface area contributed by atoms with Gasteiger partial charge in [-0.25, -0.2) is 19.6 Å². The molecule has 0 radical (unpaired) electrons. The van der Waals surface area contributed by atoms with Crippen LogP contribution in [-0.4, -0.2) is 45.7 Å². The molecule has 0 aliphatic carbocycles. The Bertz CT molecular complexity index is 1430. The number of phenolic OH excluding ortho intramolecular Hbond substituents is 1. The van der Waals surface area contributed by atoms with Crippen molar-refractivity contribution in [1.29, 1.82) is 0 Å². The van der Waals surface area contributed by atoms with Gasteiger partial charge in [-0.3, -0.25) is 0 Å². The second-order valence-electron chi connectivity index (χ2n) is 7.99. The molecular formula is C26H26N5O5+. The van der Waals surface area contributed by atoms with Crippen LogP contribution >= 0.6 is 0 Å². The molecule has 0 amide bonds. The van der Waals surface area contributed by atoms with Crippen molar-refractivity contribution in [3.8, 4) is 22.9 Å². The van der Waals surface area contributed by atoms with Crippen molar-refractivity contribution in [2.24, 2.45) is 5.73 Å². The molecule has 184 valence electrons. The molecule has 4 aromatic rings. The number of hydrogen-bond donors (Lipinski definition) is 3. The van der Waals surface area contributed by atoms with Gasteiger partial charge in [0.2, 0.25) is 0 Å². The van der Waals surface area contributed by atoms with Gasteiger partial charge in [-0.2, -0.15) is 0 Å². The van der Waals surface area contributed by atoms with Gasteiger partial charge in [0.05, 0.1) is 16.0 Å². The summed E-state index contributed by atoms with van der Waals surface area (Å²) in [6.45, 7) is 2.52. The van der Waals surface area contributed by atoms with Crippen molar-refractivity contribution in [2.75, 3.05) is 19.0 Å². The number of benzene rings is 3. The van der Waals surface area contributed by atoms with E-state index in [1.54, 1.807) is 12.1 Å². The minimum atomic E-state index is -0.768. The van der Waals surface area contributed by atoms with Gasteiger partial charge < -0.3 is 20.9 Å². The van der Waals surface area contributed by atoms with Gasteiger partial charge in [0.1, 0.15) is 22.9 Å². The first kappa shape index (κ1) is 24.6. The standard InChI is InChI=1S/C26H25N5O5/c1-3-16(27)15-28-24-18-8-4-6-10-21(18)29-25(30-24)20-14-17(12-13-23(20)32)36-26(33)19-9-5-7-11-22(19)31(34)35-2/h4-14,16H,3,15,27H2,1-2H3,(H-,28,29,30,32)/p+1. The van der Waals surface area contributed by atoms with E-state index in [-0.39, 0.29) is 45.1 Å². The third kappa shape index (κ3) is 5.23. The predicted molar refractivity (Wildman–Crippen MR) is 135 cm³/mol. The summed E-state index contributed by atoms with van der Waals surface area (Å²) in [4.78, 5) is 38.9. The summed E-state index contributed by atoms with van der Waals surface area (Å²) in [5, 5.41) is 14.7. The summed E-state index contributed by atoms with van der Waals surface area (Å²) in [6, 6.07) is 17.8. The molecule has 10 heteroatoms. The van der Waals surface area contributed by atoms with Crippen LogP contribution in [0.15, 0.2) is 66.7 Å². The van der Waals surface area contributed by atoms with Crippen LogP contribution in [0.5, 0.6) is 11.5 Å². The zero-order chi connectivity index (χ0) is 25.7. The average Bonchev–Trinajstić information content (AvgIpc) is 2.91. The molecule has 0 bridgehead atoms. The topological polar surface area (TPSA) is 140 Å². The molecule has 3 aromatic carbocycles. The number of ether oxygens (including phenoxy) is 1. The maximum Gasteiger partial charge on any atom is 0.350 e. The first-order valence-electron chi connectivity index (χ1n) is 11.3. The monoisotopic (exact) mass is 488 g/mol. The van der Waals surface area contributed by atoms with Crippen LogP contribution < -0.4 is 15.8 Å². The van der Waals surface area contributed by atoms with Crippen molar-refractivity contribution >= 4 is 28.4 Å². The highest BCUT2D eigenvalue weighted by Gasteiger charge is 2.26. The maximum atomic E-state index is 12.8. The van der Waals surface area contributed by atoms with Gasteiger partial charge >= 0.3 is 11.7 Å². The second-order valence-corrected chi connectivity index (χ2v) is 7.99.